The second-order valence-corrected chi connectivity index (χ2v) is 7.38. The first-order chi connectivity index (χ1) is 15.2. The maximum absolute atomic E-state index is 13.8. The van der Waals surface area contributed by atoms with Crippen molar-refractivity contribution < 1.29 is 45.1 Å². The number of aromatic nitrogens is 1. The second-order valence-electron chi connectivity index (χ2n) is 7.38. The number of hydrogen-bond donors (Lipinski definition) is 1. The molecule has 3 amide bonds. The summed E-state index contributed by atoms with van der Waals surface area (Å²) >= 11 is 0. The molecule has 178 valence electrons. The number of hydrogen-bond acceptors (Lipinski definition) is 4. The van der Waals surface area contributed by atoms with E-state index >= 15 is 0 Å². The van der Waals surface area contributed by atoms with Gasteiger partial charge in [0.15, 0.2) is 0 Å². The van der Waals surface area contributed by atoms with Gasteiger partial charge in [0.1, 0.15) is 6.10 Å². The summed E-state index contributed by atoms with van der Waals surface area (Å²) in [7, 11) is 0. The summed E-state index contributed by atoms with van der Waals surface area (Å²) in [5.74, 6) is -0.862. The number of imide groups is 1. The Labute approximate surface area is 182 Å². The molecule has 0 saturated carbocycles. The van der Waals surface area contributed by atoms with Crippen LogP contribution in [0, 0.1) is 12.9 Å². The minimum Gasteiger partial charge on any atom is -0.439 e. The molecule has 0 radical (unpaired) electrons. The number of rotatable bonds is 3. The number of halogens is 7. The van der Waals surface area contributed by atoms with Crippen molar-refractivity contribution in [3.8, 4) is 0 Å². The highest BCUT2D eigenvalue weighted by Crippen LogP contribution is 2.40. The summed E-state index contributed by atoms with van der Waals surface area (Å²) in [4.78, 5) is 28.7. The topological polar surface area (TPSA) is 71.5 Å². The molecule has 3 rings (SSSR count). The fraction of sp³-hybridized carbons (Fsp3) is 0.350. The number of carbonyl (C=O) groups is 2. The van der Waals surface area contributed by atoms with Gasteiger partial charge in [-0.05, 0) is 49.2 Å². The molecule has 1 saturated heterocycles. The van der Waals surface area contributed by atoms with E-state index in [9.17, 15) is 40.3 Å². The van der Waals surface area contributed by atoms with Crippen LogP contribution in [0.5, 0.6) is 0 Å². The quantitative estimate of drug-likeness (QED) is 0.476. The van der Waals surface area contributed by atoms with E-state index in [0.717, 1.165) is 0 Å². The number of carbonyl (C=O) groups excluding carboxylic acids is 2. The smallest absolute Gasteiger partial charge is 0.419 e. The van der Waals surface area contributed by atoms with Gasteiger partial charge >= 0.3 is 24.5 Å². The molecule has 6 nitrogen and oxygen atoms in total. The largest absolute Gasteiger partial charge is 0.439 e. The molecule has 1 aromatic heterocycles. The first kappa shape index (κ1) is 24.3. The van der Waals surface area contributed by atoms with Crippen LogP contribution in [0.25, 0.3) is 0 Å². The number of amides is 3. The van der Waals surface area contributed by atoms with E-state index in [4.69, 9.17) is 4.74 Å². The standard InChI is InChI=1S/C20H16F7N3O3/c1-9-3-12(16(21)28-7-9)8-29-17(31)30-10(2)15(33-18(30)32)11-4-13(19(22,23)24)6-14(5-11)20(25,26)27/h3-7,10,15H,8H2,1-2H3,(H,29,31)/t10-,15-/m0/s1. The molecule has 1 aromatic carbocycles. The summed E-state index contributed by atoms with van der Waals surface area (Å²) in [5.41, 5.74) is -3.14. The van der Waals surface area contributed by atoms with E-state index in [1.807, 2.05) is 0 Å². The molecule has 33 heavy (non-hydrogen) atoms. The van der Waals surface area contributed by atoms with Crippen LogP contribution < -0.4 is 5.32 Å². The number of cyclic esters (lactones) is 1. The summed E-state index contributed by atoms with van der Waals surface area (Å²) in [6, 6.07) is -0.128. The molecule has 13 heteroatoms. The van der Waals surface area contributed by atoms with E-state index in [0.29, 0.717) is 22.6 Å². The summed E-state index contributed by atoms with van der Waals surface area (Å²) < 4.78 is 97.5. The van der Waals surface area contributed by atoms with Crippen molar-refractivity contribution in [1.82, 2.24) is 15.2 Å². The molecule has 0 unspecified atom stereocenters. The second kappa shape index (κ2) is 8.52. The van der Waals surface area contributed by atoms with Crippen LogP contribution in [-0.4, -0.2) is 28.1 Å². The van der Waals surface area contributed by atoms with Crippen LogP contribution in [0.3, 0.4) is 0 Å². The predicted octanol–water partition coefficient (Wildman–Crippen LogP) is 5.36. The zero-order chi connectivity index (χ0) is 24.7. The zero-order valence-corrected chi connectivity index (χ0v) is 17.0. The van der Waals surface area contributed by atoms with Crippen molar-refractivity contribution >= 4 is 12.1 Å². The van der Waals surface area contributed by atoms with Crippen molar-refractivity contribution in [2.75, 3.05) is 0 Å². The van der Waals surface area contributed by atoms with Gasteiger partial charge in [0.2, 0.25) is 5.95 Å². The van der Waals surface area contributed by atoms with Gasteiger partial charge in [-0.1, -0.05) is 0 Å². The maximum atomic E-state index is 13.8. The molecular weight excluding hydrogens is 463 g/mol. The Bertz CT molecular complexity index is 1050. The lowest BCUT2D eigenvalue weighted by atomic mass is 9.97. The predicted molar refractivity (Wildman–Crippen MR) is 98.1 cm³/mol. The number of aryl methyl sites for hydroxylation is 1. The van der Waals surface area contributed by atoms with Gasteiger partial charge in [-0.3, -0.25) is 0 Å². The van der Waals surface area contributed by atoms with Crippen molar-refractivity contribution in [3.63, 3.8) is 0 Å². The van der Waals surface area contributed by atoms with Crippen LogP contribution in [0.2, 0.25) is 0 Å². The summed E-state index contributed by atoms with van der Waals surface area (Å²) in [5, 5.41) is 2.26. The monoisotopic (exact) mass is 479 g/mol. The number of benzene rings is 1. The molecule has 1 N–H and O–H groups in total. The van der Waals surface area contributed by atoms with Gasteiger partial charge in [-0.25, -0.2) is 19.5 Å². The SMILES string of the molecule is Cc1cnc(F)c(CNC(=O)N2C(=O)O[C@H](c3cc(C(F)(F)F)cc(C(F)(F)F)c3)[C@@H]2C)c1. The van der Waals surface area contributed by atoms with Gasteiger partial charge in [0.25, 0.3) is 0 Å². The van der Waals surface area contributed by atoms with Crippen molar-refractivity contribution in [2.45, 2.75) is 44.9 Å². The first-order valence-electron chi connectivity index (χ1n) is 9.36. The van der Waals surface area contributed by atoms with Crippen molar-refractivity contribution in [2.24, 2.45) is 0 Å². The number of ether oxygens (including phenoxy) is 1. The van der Waals surface area contributed by atoms with Crippen molar-refractivity contribution in [1.29, 1.82) is 0 Å². The molecule has 0 bridgehead atoms. The Morgan fingerprint density at radius 3 is 2.21 bits per heavy atom. The lowest BCUT2D eigenvalue weighted by Gasteiger charge is -2.21. The van der Waals surface area contributed by atoms with E-state index in [1.54, 1.807) is 6.92 Å². The Balaban J connectivity index is 1.85. The molecular formula is C20H16F7N3O3. The number of nitrogens with zero attached hydrogens (tertiary/aromatic N) is 2. The van der Waals surface area contributed by atoms with E-state index in [1.165, 1.54) is 19.2 Å². The third-order valence-corrected chi connectivity index (χ3v) is 4.91. The maximum Gasteiger partial charge on any atom is 0.419 e. The van der Waals surface area contributed by atoms with Crippen LogP contribution in [0.1, 0.15) is 40.8 Å². The zero-order valence-electron chi connectivity index (χ0n) is 17.0. The van der Waals surface area contributed by atoms with E-state index < -0.39 is 59.3 Å². The first-order valence-corrected chi connectivity index (χ1v) is 9.36. The fourth-order valence-corrected chi connectivity index (χ4v) is 3.32. The Hall–Kier alpha value is -3.38. The molecule has 1 fully saturated rings. The molecule has 2 aromatic rings. The minimum absolute atomic E-state index is 0.00724. The Morgan fingerprint density at radius 2 is 1.67 bits per heavy atom. The third kappa shape index (κ3) is 5.17. The summed E-state index contributed by atoms with van der Waals surface area (Å²) in [6.45, 7) is 2.48. The van der Waals surface area contributed by atoms with Crippen LogP contribution in [0.4, 0.5) is 40.3 Å². The average molecular weight is 479 g/mol. The molecule has 0 aliphatic carbocycles. The van der Waals surface area contributed by atoms with Crippen molar-refractivity contribution in [3.05, 3.63) is 64.2 Å². The van der Waals surface area contributed by atoms with Gasteiger partial charge in [0.05, 0.1) is 17.2 Å². The molecule has 1 aliphatic rings. The Morgan fingerprint density at radius 1 is 1.09 bits per heavy atom. The normalized spacial score (nSPS) is 18.9. The number of pyridine rings is 1. The van der Waals surface area contributed by atoms with Gasteiger partial charge < -0.3 is 10.1 Å². The highest BCUT2D eigenvalue weighted by atomic mass is 19.4. The number of urea groups is 1. The van der Waals surface area contributed by atoms with E-state index in [2.05, 4.69) is 10.3 Å². The Kier molecular flexibility index (Phi) is 6.27. The molecule has 2 atom stereocenters. The third-order valence-electron chi connectivity index (χ3n) is 4.91. The lowest BCUT2D eigenvalue weighted by molar-refractivity contribution is -0.143. The van der Waals surface area contributed by atoms with Gasteiger partial charge in [-0.15, -0.1) is 0 Å². The average Bonchev–Trinajstić information content (AvgIpc) is 3.01. The number of nitrogens with one attached hydrogen (secondary N) is 1. The van der Waals surface area contributed by atoms with Gasteiger partial charge in [-0.2, -0.15) is 30.7 Å². The lowest BCUT2D eigenvalue weighted by Crippen LogP contribution is -2.44. The van der Waals surface area contributed by atoms with Crippen LogP contribution in [0.15, 0.2) is 30.5 Å². The fourth-order valence-electron chi connectivity index (χ4n) is 3.32. The summed E-state index contributed by atoms with van der Waals surface area (Å²) in [6.07, 6.45) is -11.8. The van der Waals surface area contributed by atoms with E-state index in [-0.39, 0.29) is 18.2 Å². The van der Waals surface area contributed by atoms with Gasteiger partial charge in [0, 0.05) is 18.3 Å². The van der Waals surface area contributed by atoms with Crippen LogP contribution in [-0.2, 0) is 23.6 Å². The highest BCUT2D eigenvalue weighted by Gasteiger charge is 2.45. The molecule has 0 spiro atoms. The number of alkyl halides is 6. The van der Waals surface area contributed by atoms with Crippen LogP contribution >= 0.6 is 0 Å². The molecule has 2 heterocycles. The molecule has 1 aliphatic heterocycles. The minimum atomic E-state index is -5.09. The highest BCUT2D eigenvalue weighted by molar-refractivity contribution is 5.92.